The Morgan fingerprint density at radius 1 is 1.19 bits per heavy atom. The van der Waals surface area contributed by atoms with Gasteiger partial charge in [-0.1, -0.05) is 39.8 Å². The average Bonchev–Trinajstić information content (AvgIpc) is 3.16. The van der Waals surface area contributed by atoms with Crippen LogP contribution in [0.4, 0.5) is 0 Å². The highest BCUT2D eigenvalue weighted by molar-refractivity contribution is 9.10. The van der Waals surface area contributed by atoms with Gasteiger partial charge in [-0.2, -0.15) is 0 Å². The van der Waals surface area contributed by atoms with E-state index < -0.39 is 0 Å². The first-order chi connectivity index (χ1) is 13.1. The summed E-state index contributed by atoms with van der Waals surface area (Å²) in [5.41, 5.74) is 2.00. The van der Waals surface area contributed by atoms with Crippen LogP contribution in [-0.2, 0) is 11.3 Å². The summed E-state index contributed by atoms with van der Waals surface area (Å²) in [4.78, 5) is 14.2. The van der Waals surface area contributed by atoms with E-state index in [0.29, 0.717) is 17.5 Å². The maximum Gasteiger partial charge on any atom is 0.233 e. The molecule has 0 atom stereocenters. The number of carbonyl (C=O) groups is 1. The van der Waals surface area contributed by atoms with E-state index >= 15 is 0 Å². The fourth-order valence-corrected chi connectivity index (χ4v) is 3.56. The zero-order valence-corrected chi connectivity index (χ0v) is 17.4. The maximum atomic E-state index is 12.5. The Labute approximate surface area is 170 Å². The maximum absolute atomic E-state index is 12.5. The third kappa shape index (κ3) is 5.11. The topological polar surface area (TPSA) is 60.2 Å². The van der Waals surface area contributed by atoms with Gasteiger partial charge in [0.2, 0.25) is 5.91 Å². The van der Waals surface area contributed by atoms with Crippen LogP contribution in [0.2, 0.25) is 0 Å². The Morgan fingerprint density at radius 3 is 2.56 bits per heavy atom. The van der Waals surface area contributed by atoms with Crippen LogP contribution >= 0.6 is 27.7 Å². The lowest BCUT2D eigenvalue weighted by atomic mass is 10.2. The average molecular weight is 447 g/mol. The van der Waals surface area contributed by atoms with Crippen molar-refractivity contribution in [2.45, 2.75) is 11.7 Å². The molecule has 0 radical (unpaired) electrons. The summed E-state index contributed by atoms with van der Waals surface area (Å²) < 4.78 is 8.05. The third-order valence-corrected chi connectivity index (χ3v) is 5.41. The molecule has 3 rings (SSSR count). The Bertz CT molecular complexity index is 897. The molecule has 27 heavy (non-hydrogen) atoms. The van der Waals surface area contributed by atoms with Crippen LogP contribution < -0.4 is 4.74 Å². The molecule has 6 nitrogen and oxygen atoms in total. The summed E-state index contributed by atoms with van der Waals surface area (Å²) in [6.07, 6.45) is 1.64. The summed E-state index contributed by atoms with van der Waals surface area (Å²) >= 11 is 4.78. The van der Waals surface area contributed by atoms with Crippen molar-refractivity contribution >= 4 is 33.6 Å². The first kappa shape index (κ1) is 19.4. The number of halogens is 1. The second-order valence-corrected chi connectivity index (χ2v) is 7.70. The number of ether oxygens (including phenoxy) is 1. The van der Waals surface area contributed by atoms with Crippen molar-refractivity contribution in [3.63, 3.8) is 0 Å². The van der Waals surface area contributed by atoms with Crippen LogP contribution in [0.5, 0.6) is 5.75 Å². The van der Waals surface area contributed by atoms with E-state index in [1.807, 2.05) is 53.1 Å². The van der Waals surface area contributed by atoms with Crippen LogP contribution in [0.1, 0.15) is 5.56 Å². The van der Waals surface area contributed by atoms with Gasteiger partial charge in [0.1, 0.15) is 12.1 Å². The van der Waals surface area contributed by atoms with Crippen molar-refractivity contribution in [1.82, 2.24) is 19.7 Å². The van der Waals surface area contributed by atoms with Crippen molar-refractivity contribution in [2.75, 3.05) is 19.9 Å². The smallest absolute Gasteiger partial charge is 0.233 e. The van der Waals surface area contributed by atoms with E-state index in [0.717, 1.165) is 21.5 Å². The van der Waals surface area contributed by atoms with Crippen molar-refractivity contribution < 1.29 is 9.53 Å². The minimum absolute atomic E-state index is 0.0344. The number of rotatable bonds is 7. The third-order valence-electron chi connectivity index (χ3n) is 3.95. The molecule has 1 aromatic heterocycles. The quantitative estimate of drug-likeness (QED) is 0.516. The van der Waals surface area contributed by atoms with Gasteiger partial charge >= 0.3 is 0 Å². The van der Waals surface area contributed by atoms with Crippen molar-refractivity contribution in [3.8, 4) is 11.4 Å². The highest BCUT2D eigenvalue weighted by Gasteiger charge is 2.13. The van der Waals surface area contributed by atoms with Crippen LogP contribution in [-0.4, -0.2) is 45.5 Å². The fraction of sp³-hybridized carbons (Fsp3) is 0.211. The summed E-state index contributed by atoms with van der Waals surface area (Å²) in [5, 5.41) is 8.77. The summed E-state index contributed by atoms with van der Waals surface area (Å²) in [6.45, 7) is 0.567. The van der Waals surface area contributed by atoms with E-state index in [9.17, 15) is 4.79 Å². The van der Waals surface area contributed by atoms with E-state index in [1.165, 1.54) is 11.8 Å². The van der Waals surface area contributed by atoms with Crippen LogP contribution in [0, 0.1) is 0 Å². The highest BCUT2D eigenvalue weighted by Crippen LogP contribution is 2.22. The Morgan fingerprint density at radius 2 is 1.89 bits per heavy atom. The van der Waals surface area contributed by atoms with Crippen molar-refractivity contribution in [1.29, 1.82) is 0 Å². The Hall–Kier alpha value is -2.32. The van der Waals surface area contributed by atoms with Gasteiger partial charge in [0, 0.05) is 23.8 Å². The van der Waals surface area contributed by atoms with Gasteiger partial charge in [-0.15, -0.1) is 10.2 Å². The lowest BCUT2D eigenvalue weighted by Crippen LogP contribution is -2.27. The molecule has 140 valence electrons. The predicted octanol–water partition coefficient (Wildman–Crippen LogP) is 3.79. The van der Waals surface area contributed by atoms with Crippen molar-refractivity contribution in [3.05, 3.63) is 64.9 Å². The van der Waals surface area contributed by atoms with Crippen LogP contribution in [0.15, 0.2) is 64.5 Å². The molecule has 1 amide bonds. The summed E-state index contributed by atoms with van der Waals surface area (Å²) in [5.74, 6) is 1.11. The molecular formula is C19H19BrN4O2S. The first-order valence-electron chi connectivity index (χ1n) is 8.22. The Kier molecular flexibility index (Phi) is 6.52. The monoisotopic (exact) mass is 446 g/mol. The molecule has 3 aromatic rings. The zero-order valence-electron chi connectivity index (χ0n) is 15.0. The molecule has 0 saturated heterocycles. The molecule has 0 N–H and O–H groups in total. The van der Waals surface area contributed by atoms with Crippen LogP contribution in [0.3, 0.4) is 0 Å². The van der Waals surface area contributed by atoms with E-state index in [-0.39, 0.29) is 5.91 Å². The minimum atomic E-state index is 0.0344. The molecule has 0 aliphatic rings. The summed E-state index contributed by atoms with van der Waals surface area (Å²) in [6, 6.07) is 15.5. The number of hydrogen-bond donors (Lipinski definition) is 0. The fourth-order valence-electron chi connectivity index (χ4n) is 2.43. The lowest BCUT2D eigenvalue weighted by Gasteiger charge is -2.17. The standard InChI is InChI=1S/C19H19BrN4O2S/c1-23(11-14-3-5-15(20)6-4-14)18(25)12-27-19-22-21-13-24(19)16-7-9-17(26-2)10-8-16/h3-10,13H,11-12H2,1-2H3. The number of aromatic nitrogens is 3. The number of methoxy groups -OCH3 is 1. The largest absolute Gasteiger partial charge is 0.497 e. The van der Waals surface area contributed by atoms with Gasteiger partial charge in [0.15, 0.2) is 5.16 Å². The first-order valence-corrected chi connectivity index (χ1v) is 10.0. The van der Waals surface area contributed by atoms with Gasteiger partial charge in [0.25, 0.3) is 0 Å². The number of benzene rings is 2. The molecular weight excluding hydrogens is 428 g/mol. The zero-order chi connectivity index (χ0) is 19.2. The minimum Gasteiger partial charge on any atom is -0.497 e. The predicted molar refractivity (Wildman–Crippen MR) is 109 cm³/mol. The second kappa shape index (κ2) is 9.05. The van der Waals surface area contributed by atoms with Crippen molar-refractivity contribution in [2.24, 2.45) is 0 Å². The number of amides is 1. The molecule has 1 heterocycles. The van der Waals surface area contributed by atoms with Crippen LogP contribution in [0.25, 0.3) is 5.69 Å². The molecule has 0 saturated carbocycles. The van der Waals surface area contributed by atoms with E-state index in [4.69, 9.17) is 4.74 Å². The highest BCUT2D eigenvalue weighted by atomic mass is 79.9. The van der Waals surface area contributed by atoms with Gasteiger partial charge in [-0.25, -0.2) is 0 Å². The van der Waals surface area contributed by atoms with E-state index in [2.05, 4.69) is 26.1 Å². The number of carbonyl (C=O) groups excluding carboxylic acids is 1. The normalized spacial score (nSPS) is 10.6. The molecule has 0 unspecified atom stereocenters. The molecule has 0 bridgehead atoms. The summed E-state index contributed by atoms with van der Waals surface area (Å²) in [7, 11) is 3.44. The van der Waals surface area contributed by atoms with Gasteiger partial charge in [-0.3, -0.25) is 9.36 Å². The Balaban J connectivity index is 1.60. The van der Waals surface area contributed by atoms with Gasteiger partial charge in [-0.05, 0) is 42.0 Å². The lowest BCUT2D eigenvalue weighted by molar-refractivity contribution is -0.127. The number of thioether (sulfide) groups is 1. The molecule has 0 spiro atoms. The molecule has 8 heteroatoms. The molecule has 2 aromatic carbocycles. The SMILES string of the molecule is COc1ccc(-n2cnnc2SCC(=O)N(C)Cc2ccc(Br)cc2)cc1. The number of hydrogen-bond acceptors (Lipinski definition) is 5. The van der Waals surface area contributed by atoms with Gasteiger partial charge in [0.05, 0.1) is 12.9 Å². The number of nitrogens with zero attached hydrogens (tertiary/aromatic N) is 4. The van der Waals surface area contributed by atoms with Gasteiger partial charge < -0.3 is 9.64 Å². The molecule has 0 aliphatic carbocycles. The van der Waals surface area contributed by atoms with E-state index in [1.54, 1.807) is 25.4 Å². The molecule has 0 fully saturated rings. The second-order valence-electron chi connectivity index (χ2n) is 5.85. The molecule has 0 aliphatic heterocycles.